The molecule has 0 aliphatic heterocycles. The van der Waals surface area contributed by atoms with Gasteiger partial charge >= 0.3 is 0 Å². The lowest BCUT2D eigenvalue weighted by molar-refractivity contribution is -0.687. The second kappa shape index (κ2) is 4.41. The maximum absolute atomic E-state index is 3.79. The first-order chi connectivity index (χ1) is 5.72. The summed E-state index contributed by atoms with van der Waals surface area (Å²) in [5.74, 6) is 0. The van der Waals surface area contributed by atoms with Gasteiger partial charge in [0.1, 0.15) is 0 Å². The van der Waals surface area contributed by atoms with E-state index in [1.54, 1.807) is 0 Å². The topological polar surface area (TPSA) is 3.88 Å². The zero-order chi connectivity index (χ0) is 8.97. The van der Waals surface area contributed by atoms with Crippen molar-refractivity contribution in [1.29, 1.82) is 0 Å². The summed E-state index contributed by atoms with van der Waals surface area (Å²) in [5, 5.41) is 0. The van der Waals surface area contributed by atoms with Crippen LogP contribution in [0.1, 0.15) is 12.5 Å². The van der Waals surface area contributed by atoms with Crippen LogP contribution in [0.15, 0.2) is 35.6 Å². The van der Waals surface area contributed by atoms with Gasteiger partial charge in [0.05, 0.1) is 4.48 Å². The first-order valence-electron chi connectivity index (χ1n) is 4.03. The van der Waals surface area contributed by atoms with Crippen molar-refractivity contribution in [2.75, 3.05) is 0 Å². The van der Waals surface area contributed by atoms with Crippen LogP contribution in [0.5, 0.6) is 0 Å². The Balaban J connectivity index is 2.71. The van der Waals surface area contributed by atoms with Crippen LogP contribution in [-0.2, 0) is 13.0 Å². The minimum absolute atomic E-state index is 0.837. The van der Waals surface area contributed by atoms with Crippen LogP contribution in [0.2, 0.25) is 0 Å². The molecule has 0 saturated heterocycles. The Bertz CT molecular complexity index is 264. The molecule has 1 aromatic rings. The Kier molecular flexibility index (Phi) is 3.48. The van der Waals surface area contributed by atoms with Gasteiger partial charge in [-0.3, -0.25) is 0 Å². The predicted molar refractivity (Wildman–Crippen MR) is 54.1 cm³/mol. The number of rotatable bonds is 3. The second-order valence-corrected chi connectivity index (χ2v) is 3.87. The van der Waals surface area contributed by atoms with E-state index in [9.17, 15) is 0 Å². The SMILES string of the molecule is C=C(Br)C[n+]1ccc(CC)cc1. The van der Waals surface area contributed by atoms with Crippen molar-refractivity contribution in [3.63, 3.8) is 0 Å². The summed E-state index contributed by atoms with van der Waals surface area (Å²) in [6.07, 6.45) is 5.24. The zero-order valence-corrected chi connectivity index (χ0v) is 8.84. The van der Waals surface area contributed by atoms with Crippen molar-refractivity contribution < 1.29 is 4.57 Å². The zero-order valence-electron chi connectivity index (χ0n) is 7.26. The lowest BCUT2D eigenvalue weighted by Gasteiger charge is -1.95. The summed E-state index contributed by atoms with van der Waals surface area (Å²) in [6.45, 7) is 6.78. The molecule has 0 saturated carbocycles. The van der Waals surface area contributed by atoms with Gasteiger partial charge in [-0.2, -0.15) is 0 Å². The van der Waals surface area contributed by atoms with E-state index in [0.717, 1.165) is 17.4 Å². The van der Waals surface area contributed by atoms with Crippen LogP contribution in [-0.4, -0.2) is 0 Å². The van der Waals surface area contributed by atoms with Crippen LogP contribution >= 0.6 is 15.9 Å². The smallest absolute Gasteiger partial charge is 0.179 e. The number of hydrogen-bond donors (Lipinski definition) is 0. The molecule has 64 valence electrons. The molecule has 0 bridgehead atoms. The van der Waals surface area contributed by atoms with Gasteiger partial charge in [-0.05, 0) is 27.9 Å². The van der Waals surface area contributed by atoms with Crippen LogP contribution in [0.25, 0.3) is 0 Å². The van der Waals surface area contributed by atoms with Gasteiger partial charge in [0.2, 0.25) is 0 Å². The summed E-state index contributed by atoms with van der Waals surface area (Å²) < 4.78 is 3.09. The van der Waals surface area contributed by atoms with E-state index < -0.39 is 0 Å². The normalized spacial score (nSPS) is 9.83. The van der Waals surface area contributed by atoms with Crippen molar-refractivity contribution in [1.82, 2.24) is 0 Å². The first kappa shape index (κ1) is 9.46. The Morgan fingerprint density at radius 2 is 2.08 bits per heavy atom. The van der Waals surface area contributed by atoms with Gasteiger partial charge in [-0.1, -0.05) is 13.5 Å². The molecule has 0 atom stereocenters. The van der Waals surface area contributed by atoms with Gasteiger partial charge < -0.3 is 0 Å². The molecular formula is C10H13BrN+. The third-order valence-electron chi connectivity index (χ3n) is 1.72. The first-order valence-corrected chi connectivity index (χ1v) is 4.83. The number of nitrogens with zero attached hydrogens (tertiary/aromatic N) is 1. The van der Waals surface area contributed by atoms with Gasteiger partial charge in [0.15, 0.2) is 18.9 Å². The number of pyridine rings is 1. The number of aryl methyl sites for hydroxylation is 1. The molecule has 12 heavy (non-hydrogen) atoms. The maximum Gasteiger partial charge on any atom is 0.179 e. The van der Waals surface area contributed by atoms with Crippen molar-refractivity contribution in [3.8, 4) is 0 Å². The highest BCUT2D eigenvalue weighted by Crippen LogP contribution is 2.00. The minimum Gasteiger partial charge on any atom is -0.200 e. The van der Waals surface area contributed by atoms with E-state index in [4.69, 9.17) is 0 Å². The van der Waals surface area contributed by atoms with Crippen LogP contribution in [0.3, 0.4) is 0 Å². The van der Waals surface area contributed by atoms with E-state index in [-0.39, 0.29) is 0 Å². The molecule has 1 rings (SSSR count). The number of aromatic nitrogens is 1. The standard InChI is InChI=1S/C10H13BrN/c1-3-10-4-6-12(7-5-10)8-9(2)11/h4-7H,2-3,8H2,1H3/q+1. The summed E-state index contributed by atoms with van der Waals surface area (Å²) in [5.41, 5.74) is 1.37. The van der Waals surface area contributed by atoms with Gasteiger partial charge in [-0.25, -0.2) is 4.57 Å². The second-order valence-electron chi connectivity index (χ2n) is 2.75. The van der Waals surface area contributed by atoms with Crippen molar-refractivity contribution in [2.24, 2.45) is 0 Å². The maximum atomic E-state index is 3.79. The Morgan fingerprint density at radius 1 is 1.50 bits per heavy atom. The minimum atomic E-state index is 0.837. The predicted octanol–water partition coefficient (Wildman–Crippen LogP) is 2.45. The monoisotopic (exact) mass is 226 g/mol. The van der Waals surface area contributed by atoms with Gasteiger partial charge in [0, 0.05) is 12.1 Å². The summed E-state index contributed by atoms with van der Waals surface area (Å²) in [6, 6.07) is 4.27. The molecule has 1 aromatic heterocycles. The van der Waals surface area contributed by atoms with Crippen LogP contribution in [0, 0.1) is 0 Å². The third-order valence-corrected chi connectivity index (χ3v) is 1.97. The van der Waals surface area contributed by atoms with E-state index >= 15 is 0 Å². The molecule has 0 spiro atoms. The van der Waals surface area contributed by atoms with Gasteiger partial charge in [-0.15, -0.1) is 0 Å². The number of halogens is 1. The van der Waals surface area contributed by atoms with Crippen molar-refractivity contribution >= 4 is 15.9 Å². The highest BCUT2D eigenvalue weighted by Gasteiger charge is 1.99. The number of allylic oxidation sites excluding steroid dienone is 1. The highest BCUT2D eigenvalue weighted by atomic mass is 79.9. The molecule has 0 fully saturated rings. The molecule has 0 amide bonds. The lowest BCUT2D eigenvalue weighted by atomic mass is 10.2. The number of hydrogen-bond acceptors (Lipinski definition) is 0. The van der Waals surface area contributed by atoms with Crippen molar-refractivity contribution in [3.05, 3.63) is 41.2 Å². The fourth-order valence-electron chi connectivity index (χ4n) is 1.03. The largest absolute Gasteiger partial charge is 0.200 e. The molecule has 0 unspecified atom stereocenters. The average Bonchev–Trinajstić information content (AvgIpc) is 2.05. The Hall–Kier alpha value is -0.630. The average molecular weight is 227 g/mol. The molecule has 0 radical (unpaired) electrons. The highest BCUT2D eigenvalue weighted by molar-refractivity contribution is 9.11. The third kappa shape index (κ3) is 2.78. The van der Waals surface area contributed by atoms with Crippen molar-refractivity contribution in [2.45, 2.75) is 19.9 Å². The van der Waals surface area contributed by atoms with E-state index in [0.29, 0.717) is 0 Å². The molecule has 0 N–H and O–H groups in total. The summed E-state index contributed by atoms with van der Waals surface area (Å²) in [4.78, 5) is 0. The summed E-state index contributed by atoms with van der Waals surface area (Å²) in [7, 11) is 0. The fourth-order valence-corrected chi connectivity index (χ4v) is 1.32. The Morgan fingerprint density at radius 3 is 2.50 bits per heavy atom. The Labute approximate surface area is 81.9 Å². The molecule has 2 heteroatoms. The molecular weight excluding hydrogens is 214 g/mol. The molecule has 0 aliphatic carbocycles. The quantitative estimate of drug-likeness (QED) is 0.698. The lowest BCUT2D eigenvalue weighted by Crippen LogP contribution is -2.32. The van der Waals surface area contributed by atoms with Crippen LogP contribution in [0.4, 0.5) is 0 Å². The fraction of sp³-hybridized carbons (Fsp3) is 0.300. The molecule has 0 aliphatic rings. The van der Waals surface area contributed by atoms with E-state index in [1.807, 2.05) is 0 Å². The van der Waals surface area contributed by atoms with E-state index in [2.05, 4.69) is 58.5 Å². The molecule has 1 nitrogen and oxygen atoms in total. The van der Waals surface area contributed by atoms with E-state index in [1.165, 1.54) is 5.56 Å². The summed E-state index contributed by atoms with van der Waals surface area (Å²) >= 11 is 3.33. The van der Waals surface area contributed by atoms with Gasteiger partial charge in [0.25, 0.3) is 0 Å². The molecule has 1 heterocycles. The molecule has 0 aromatic carbocycles. The van der Waals surface area contributed by atoms with Crippen LogP contribution < -0.4 is 4.57 Å².